The molecule has 0 spiro atoms. The summed E-state index contributed by atoms with van der Waals surface area (Å²) < 4.78 is 0. The molecule has 0 fully saturated rings. The summed E-state index contributed by atoms with van der Waals surface area (Å²) in [5.74, 6) is 1.12. The zero-order chi connectivity index (χ0) is 19.8. The van der Waals surface area contributed by atoms with Gasteiger partial charge in [0.15, 0.2) is 0 Å². The number of H-pyrrole nitrogens is 1. The van der Waals surface area contributed by atoms with Crippen molar-refractivity contribution >= 4 is 39.7 Å². The molecule has 0 aliphatic heterocycles. The maximum atomic E-state index is 13.1. The number of fused-ring (bicyclic) bond motifs is 2. The van der Waals surface area contributed by atoms with Crippen molar-refractivity contribution in [1.29, 1.82) is 0 Å². The average Bonchev–Trinajstić information content (AvgIpc) is 3.08. The van der Waals surface area contributed by atoms with E-state index in [1.807, 2.05) is 6.92 Å². The molecule has 7 heteroatoms. The first-order valence-electron chi connectivity index (χ1n) is 9.54. The number of hydrogen-bond donors (Lipinski definition) is 1. The number of thiophene rings is 1. The zero-order valence-corrected chi connectivity index (χ0v) is 17.5. The third-order valence-electron chi connectivity index (χ3n) is 5.27. The van der Waals surface area contributed by atoms with E-state index in [0.29, 0.717) is 34.2 Å². The fourth-order valence-corrected chi connectivity index (χ4v) is 5.05. The summed E-state index contributed by atoms with van der Waals surface area (Å²) in [5, 5.41) is 1.01. The van der Waals surface area contributed by atoms with Crippen molar-refractivity contribution < 1.29 is 4.79 Å². The Bertz CT molecular complexity index is 1100. The summed E-state index contributed by atoms with van der Waals surface area (Å²) in [5.41, 5.74) is 1.63. The third kappa shape index (κ3) is 3.71. The Hall–Kier alpha value is -2.18. The number of halogens is 1. The molecule has 0 saturated heterocycles. The first-order chi connectivity index (χ1) is 13.4. The fraction of sp³-hybridized carbons (Fsp3) is 0.381. The summed E-state index contributed by atoms with van der Waals surface area (Å²) in [7, 11) is 0. The van der Waals surface area contributed by atoms with Crippen LogP contribution in [0.3, 0.4) is 0 Å². The minimum absolute atomic E-state index is 0.0107. The van der Waals surface area contributed by atoms with Gasteiger partial charge in [0.2, 0.25) is 0 Å². The minimum Gasteiger partial charge on any atom is -0.331 e. The van der Waals surface area contributed by atoms with Crippen molar-refractivity contribution in [3.63, 3.8) is 0 Å². The highest BCUT2D eigenvalue weighted by atomic mass is 35.5. The van der Waals surface area contributed by atoms with Gasteiger partial charge in [-0.05, 0) is 61.9 Å². The number of rotatable bonds is 4. The van der Waals surface area contributed by atoms with E-state index < -0.39 is 0 Å². The van der Waals surface area contributed by atoms with E-state index in [2.05, 4.69) is 23.0 Å². The molecule has 1 N–H and O–H groups in total. The summed E-state index contributed by atoms with van der Waals surface area (Å²) >= 11 is 7.64. The molecule has 2 heterocycles. The highest BCUT2D eigenvalue weighted by Gasteiger charge is 2.23. The lowest BCUT2D eigenvalue weighted by molar-refractivity contribution is 0.0753. The standard InChI is InChI=1S/C21H22ClN3O2S/c1-3-25(21(27)18-9-13-8-12(2)4-7-17(13)28-18)11-19-23-16-10-14(22)5-6-15(16)20(26)24-19/h5-6,9-10,12H,3-4,7-8,11H2,1-2H3,(H,23,24,26)/t12-/m1/s1. The lowest BCUT2D eigenvalue weighted by Crippen LogP contribution is -2.31. The molecule has 0 radical (unpaired) electrons. The van der Waals surface area contributed by atoms with Crippen LogP contribution in [0.5, 0.6) is 0 Å². The maximum Gasteiger partial charge on any atom is 0.264 e. The monoisotopic (exact) mass is 415 g/mol. The van der Waals surface area contributed by atoms with Crippen molar-refractivity contribution in [2.75, 3.05) is 6.54 Å². The highest BCUT2D eigenvalue weighted by Crippen LogP contribution is 2.32. The molecule has 4 rings (SSSR count). The molecular weight excluding hydrogens is 394 g/mol. The minimum atomic E-state index is -0.222. The third-order valence-corrected chi connectivity index (χ3v) is 6.73. The van der Waals surface area contributed by atoms with Gasteiger partial charge in [-0.25, -0.2) is 4.98 Å². The Morgan fingerprint density at radius 2 is 2.21 bits per heavy atom. The molecule has 1 amide bonds. The van der Waals surface area contributed by atoms with Gasteiger partial charge in [-0.15, -0.1) is 11.3 Å². The molecule has 28 heavy (non-hydrogen) atoms. The average molecular weight is 416 g/mol. The summed E-state index contributed by atoms with van der Waals surface area (Å²) in [4.78, 5) is 36.5. The Labute approximate surface area is 172 Å². The number of amides is 1. The van der Waals surface area contributed by atoms with Gasteiger partial charge in [-0.1, -0.05) is 18.5 Å². The van der Waals surface area contributed by atoms with Gasteiger partial charge in [0, 0.05) is 16.4 Å². The van der Waals surface area contributed by atoms with Gasteiger partial charge in [0.1, 0.15) is 5.82 Å². The SMILES string of the molecule is CCN(Cc1nc2cc(Cl)ccc2c(=O)[nH]1)C(=O)c1cc2c(s1)CC[C@@H](C)C2. The molecule has 0 bridgehead atoms. The van der Waals surface area contributed by atoms with E-state index >= 15 is 0 Å². The molecular formula is C21H22ClN3O2S. The second kappa shape index (κ2) is 7.68. The molecule has 5 nitrogen and oxygen atoms in total. The van der Waals surface area contributed by atoms with E-state index in [1.54, 1.807) is 34.4 Å². The molecule has 1 aromatic carbocycles. The topological polar surface area (TPSA) is 66.1 Å². The van der Waals surface area contributed by atoms with Crippen LogP contribution in [0.15, 0.2) is 29.1 Å². The fourth-order valence-electron chi connectivity index (χ4n) is 3.71. The molecule has 2 aromatic heterocycles. The Morgan fingerprint density at radius 3 is 3.00 bits per heavy atom. The molecule has 0 saturated carbocycles. The van der Waals surface area contributed by atoms with Crippen LogP contribution in [0.25, 0.3) is 10.9 Å². The second-order valence-electron chi connectivity index (χ2n) is 7.40. The van der Waals surface area contributed by atoms with Crippen molar-refractivity contribution in [3.05, 3.63) is 60.8 Å². The Morgan fingerprint density at radius 1 is 1.39 bits per heavy atom. The Balaban J connectivity index is 1.60. The number of benzene rings is 1. The van der Waals surface area contributed by atoms with Gasteiger partial charge in [-0.3, -0.25) is 9.59 Å². The van der Waals surface area contributed by atoms with Gasteiger partial charge in [0.05, 0.1) is 22.3 Å². The quantitative estimate of drug-likeness (QED) is 0.685. The first-order valence-corrected chi connectivity index (χ1v) is 10.7. The van der Waals surface area contributed by atoms with E-state index in [1.165, 1.54) is 16.9 Å². The summed E-state index contributed by atoms with van der Waals surface area (Å²) in [6.45, 7) is 4.99. The van der Waals surface area contributed by atoms with Crippen LogP contribution in [-0.4, -0.2) is 27.3 Å². The number of aromatic amines is 1. The van der Waals surface area contributed by atoms with E-state index in [-0.39, 0.29) is 18.0 Å². The van der Waals surface area contributed by atoms with Gasteiger partial charge in [0.25, 0.3) is 11.5 Å². The number of nitrogens with zero attached hydrogens (tertiary/aromatic N) is 2. The smallest absolute Gasteiger partial charge is 0.264 e. The van der Waals surface area contributed by atoms with E-state index in [0.717, 1.165) is 17.7 Å². The van der Waals surface area contributed by atoms with Crippen LogP contribution in [0.4, 0.5) is 0 Å². The molecule has 1 aliphatic rings. The number of nitrogens with one attached hydrogen (secondary N) is 1. The van der Waals surface area contributed by atoms with E-state index in [9.17, 15) is 9.59 Å². The van der Waals surface area contributed by atoms with Crippen molar-refractivity contribution in [1.82, 2.24) is 14.9 Å². The molecule has 3 aromatic rings. The normalized spacial score (nSPS) is 16.2. The van der Waals surface area contributed by atoms with E-state index in [4.69, 9.17) is 11.6 Å². The van der Waals surface area contributed by atoms with Crippen LogP contribution in [-0.2, 0) is 19.4 Å². The van der Waals surface area contributed by atoms with Crippen molar-refractivity contribution in [3.8, 4) is 0 Å². The van der Waals surface area contributed by atoms with Crippen molar-refractivity contribution in [2.24, 2.45) is 5.92 Å². The number of aryl methyl sites for hydroxylation is 1. The second-order valence-corrected chi connectivity index (χ2v) is 8.97. The number of carbonyl (C=O) groups excluding carboxylic acids is 1. The lowest BCUT2D eigenvalue weighted by atomic mass is 9.90. The Kier molecular flexibility index (Phi) is 5.25. The summed E-state index contributed by atoms with van der Waals surface area (Å²) in [6, 6.07) is 7.05. The van der Waals surface area contributed by atoms with Gasteiger partial charge in [-0.2, -0.15) is 0 Å². The van der Waals surface area contributed by atoms with Crippen molar-refractivity contribution in [2.45, 2.75) is 39.7 Å². The number of aromatic nitrogens is 2. The molecule has 146 valence electrons. The zero-order valence-electron chi connectivity index (χ0n) is 15.9. The van der Waals surface area contributed by atoms with Gasteiger partial charge >= 0.3 is 0 Å². The summed E-state index contributed by atoms with van der Waals surface area (Å²) in [6.07, 6.45) is 3.29. The van der Waals surface area contributed by atoms with Gasteiger partial charge < -0.3 is 9.88 Å². The van der Waals surface area contributed by atoms with Crippen LogP contribution >= 0.6 is 22.9 Å². The lowest BCUT2D eigenvalue weighted by Gasteiger charge is -2.19. The van der Waals surface area contributed by atoms with Crippen LogP contribution in [0.2, 0.25) is 5.02 Å². The maximum absolute atomic E-state index is 13.1. The molecule has 1 aliphatic carbocycles. The number of carbonyl (C=O) groups is 1. The molecule has 1 atom stereocenters. The number of hydrogen-bond acceptors (Lipinski definition) is 4. The largest absolute Gasteiger partial charge is 0.331 e. The van der Waals surface area contributed by atoms with Crippen LogP contribution in [0.1, 0.15) is 46.2 Å². The predicted octanol–water partition coefficient (Wildman–Crippen LogP) is 4.43. The van der Waals surface area contributed by atoms with Crippen LogP contribution < -0.4 is 5.56 Å². The highest BCUT2D eigenvalue weighted by molar-refractivity contribution is 7.14. The first kappa shape index (κ1) is 19.2. The predicted molar refractivity (Wildman–Crippen MR) is 113 cm³/mol. The molecule has 0 unspecified atom stereocenters. The van der Waals surface area contributed by atoms with Crippen LogP contribution in [0, 0.1) is 5.92 Å².